The minimum Gasteiger partial charge on any atom is -0.396 e. The molecule has 3 aliphatic heterocycles. The molecule has 7 nitrogen and oxygen atoms in total. The summed E-state index contributed by atoms with van der Waals surface area (Å²) in [7, 11) is 0. The van der Waals surface area contributed by atoms with Gasteiger partial charge in [0.1, 0.15) is 6.04 Å². The highest BCUT2D eigenvalue weighted by atomic mass is 35.5. The molecule has 3 aliphatic rings. The van der Waals surface area contributed by atoms with E-state index >= 15 is 0 Å². The van der Waals surface area contributed by atoms with Crippen LogP contribution in [0.4, 0.5) is 11.4 Å². The average Bonchev–Trinajstić information content (AvgIpc) is 3.64. The van der Waals surface area contributed by atoms with E-state index in [0.29, 0.717) is 43.1 Å². The van der Waals surface area contributed by atoms with Crippen LogP contribution in [0.1, 0.15) is 32.1 Å². The zero-order valence-corrected chi connectivity index (χ0v) is 25.3. The van der Waals surface area contributed by atoms with Crippen molar-refractivity contribution in [3.8, 4) is 0 Å². The number of hydrogen-bond acceptors (Lipinski definition) is 5. The van der Waals surface area contributed by atoms with Crippen molar-refractivity contribution in [1.29, 1.82) is 0 Å². The smallest absolute Gasteiger partial charge is 0.251 e. The maximum atomic E-state index is 14.7. The summed E-state index contributed by atoms with van der Waals surface area (Å²) in [4.78, 5) is 48.5. The van der Waals surface area contributed by atoms with E-state index in [4.69, 9.17) is 11.6 Å². The number of benzene rings is 2. The lowest BCUT2D eigenvalue weighted by molar-refractivity contribution is -0.139. The van der Waals surface area contributed by atoms with Gasteiger partial charge in [-0.3, -0.25) is 14.4 Å². The van der Waals surface area contributed by atoms with Crippen LogP contribution in [-0.2, 0) is 14.4 Å². The number of unbranched alkanes of at least 4 members (excludes halogenated alkanes) is 2. The lowest BCUT2D eigenvalue weighted by Gasteiger charge is -2.38. The predicted octanol–water partition coefficient (Wildman–Crippen LogP) is 5.33. The van der Waals surface area contributed by atoms with Gasteiger partial charge in [-0.25, -0.2) is 0 Å². The largest absolute Gasteiger partial charge is 0.396 e. The van der Waals surface area contributed by atoms with Crippen molar-refractivity contribution >= 4 is 52.5 Å². The van der Waals surface area contributed by atoms with E-state index in [-0.39, 0.29) is 36.1 Å². The number of carbonyl (C=O) groups is 3. The molecule has 0 aliphatic carbocycles. The van der Waals surface area contributed by atoms with Crippen LogP contribution in [0.2, 0.25) is 5.02 Å². The Hall–Kier alpha value is -3.07. The highest BCUT2D eigenvalue weighted by Gasteiger charge is 2.74. The van der Waals surface area contributed by atoms with Crippen LogP contribution in [0.5, 0.6) is 0 Å². The Kier molecular flexibility index (Phi) is 9.45. The Morgan fingerprint density at radius 1 is 1.00 bits per heavy atom. The van der Waals surface area contributed by atoms with Gasteiger partial charge in [0.05, 0.1) is 27.3 Å². The number of aliphatic hydroxyl groups excluding tert-OH is 1. The summed E-state index contributed by atoms with van der Waals surface area (Å²) in [5.74, 6) is -1.57. The first kappa shape index (κ1) is 30.4. The highest BCUT2D eigenvalue weighted by Crippen LogP contribution is 2.67. The topological polar surface area (TPSA) is 81.2 Å². The van der Waals surface area contributed by atoms with Crippen LogP contribution in [0.15, 0.2) is 79.9 Å². The summed E-state index contributed by atoms with van der Waals surface area (Å²) < 4.78 is -0.715. The number of fused-ring (bicyclic) bond motifs is 1. The first-order valence-corrected chi connectivity index (χ1v) is 15.9. The Labute approximate surface area is 257 Å². The van der Waals surface area contributed by atoms with Crippen molar-refractivity contribution in [3.05, 3.63) is 84.9 Å². The summed E-state index contributed by atoms with van der Waals surface area (Å²) in [6.07, 6.45) is 6.83. The van der Waals surface area contributed by atoms with Crippen LogP contribution in [0.25, 0.3) is 0 Å². The summed E-state index contributed by atoms with van der Waals surface area (Å²) in [6, 6.07) is 15.9. The number of carbonyl (C=O) groups excluding carboxylic acids is 3. The van der Waals surface area contributed by atoms with Gasteiger partial charge in [0.2, 0.25) is 11.8 Å². The maximum Gasteiger partial charge on any atom is 0.251 e. The number of anilines is 2. The van der Waals surface area contributed by atoms with Gasteiger partial charge in [0.15, 0.2) is 0 Å². The maximum absolute atomic E-state index is 14.7. The molecule has 42 heavy (non-hydrogen) atoms. The molecule has 2 aromatic rings. The molecule has 5 atom stereocenters. The van der Waals surface area contributed by atoms with E-state index in [1.165, 1.54) is 0 Å². The first-order chi connectivity index (χ1) is 20.4. The van der Waals surface area contributed by atoms with Gasteiger partial charge in [-0.1, -0.05) is 54.1 Å². The Bertz CT molecular complexity index is 1340. The molecule has 9 heteroatoms. The number of halogens is 1. The lowest BCUT2D eigenvalue weighted by atomic mass is 9.70. The molecule has 1 spiro atoms. The molecule has 2 aromatic carbocycles. The first-order valence-electron chi connectivity index (χ1n) is 14.6. The number of amides is 3. The number of hydrogen-bond donors (Lipinski definition) is 1. The van der Waals surface area contributed by atoms with Gasteiger partial charge in [-0.05, 0) is 56.4 Å². The van der Waals surface area contributed by atoms with Gasteiger partial charge in [-0.15, -0.1) is 24.9 Å². The van der Waals surface area contributed by atoms with Gasteiger partial charge in [0.25, 0.3) is 5.91 Å². The third kappa shape index (κ3) is 5.29. The molecule has 0 saturated carbocycles. The lowest BCUT2D eigenvalue weighted by Crippen LogP contribution is -2.55. The van der Waals surface area contributed by atoms with Gasteiger partial charge in [0, 0.05) is 37.2 Å². The standard InChI is InChI=1S/C33H38ClN3O4S/c1-3-19-35(23-13-7-5-8-14-23)30(39)27-26-17-18-33(42-26)28(27)31(40)37(21-11-6-12-22-38)29(33)32(41)36(20-4-2)25-16-10-9-15-24(25)34/h3-5,7-10,13-16,26-29,38H,1-2,6,11-12,17-22H2/t26-,27+,28-,29?,33?/m0/s1. The molecule has 3 amide bonds. The minimum absolute atomic E-state index is 0.0533. The molecule has 1 N–H and O–H groups in total. The Morgan fingerprint density at radius 3 is 2.38 bits per heavy atom. The van der Waals surface area contributed by atoms with Crippen LogP contribution >= 0.6 is 23.4 Å². The zero-order valence-electron chi connectivity index (χ0n) is 23.7. The monoisotopic (exact) mass is 607 g/mol. The summed E-state index contributed by atoms with van der Waals surface area (Å²) in [5.41, 5.74) is 1.34. The van der Waals surface area contributed by atoms with Crippen molar-refractivity contribution in [1.82, 2.24) is 4.90 Å². The SMILES string of the molecule is C=CCN(C(=O)[C@@H]1[C@@H]2CCC3(S2)C(C(=O)N(CC=C)c2ccccc2Cl)N(CCCCCO)C(=O)[C@H]13)c1ccccc1. The number of nitrogens with zero attached hydrogens (tertiary/aromatic N) is 3. The second-order valence-corrected chi connectivity index (χ2v) is 13.1. The van der Waals surface area contributed by atoms with Crippen molar-refractivity contribution in [2.45, 2.75) is 48.1 Å². The summed E-state index contributed by atoms with van der Waals surface area (Å²) in [5, 5.41) is 9.71. The molecule has 2 bridgehead atoms. The molecule has 3 fully saturated rings. The molecular formula is C33H38ClN3O4S. The second-order valence-electron chi connectivity index (χ2n) is 11.1. The number of para-hydroxylation sites is 2. The fourth-order valence-corrected chi connectivity index (χ4v) is 9.46. The summed E-state index contributed by atoms with van der Waals surface area (Å²) >= 11 is 8.23. The number of thioether (sulfide) groups is 1. The molecule has 5 rings (SSSR count). The van der Waals surface area contributed by atoms with Crippen LogP contribution in [0.3, 0.4) is 0 Å². The van der Waals surface area contributed by atoms with Gasteiger partial charge < -0.3 is 19.8 Å². The second kappa shape index (κ2) is 13.1. The fourth-order valence-electron chi connectivity index (χ4n) is 7.02. The van der Waals surface area contributed by atoms with Crippen LogP contribution in [0, 0.1) is 11.8 Å². The average molecular weight is 608 g/mol. The van der Waals surface area contributed by atoms with E-state index in [2.05, 4.69) is 13.2 Å². The van der Waals surface area contributed by atoms with Crippen LogP contribution < -0.4 is 9.80 Å². The van der Waals surface area contributed by atoms with Crippen LogP contribution in [-0.4, -0.2) is 70.0 Å². The van der Waals surface area contributed by atoms with E-state index in [0.717, 1.165) is 18.5 Å². The van der Waals surface area contributed by atoms with E-state index < -0.39 is 22.6 Å². The molecule has 3 heterocycles. The van der Waals surface area contributed by atoms with E-state index in [9.17, 15) is 19.5 Å². The normalized spacial score (nSPS) is 25.8. The number of rotatable bonds is 13. The number of likely N-dealkylation sites (tertiary alicyclic amines) is 1. The van der Waals surface area contributed by atoms with E-state index in [1.807, 2.05) is 42.5 Å². The van der Waals surface area contributed by atoms with E-state index in [1.54, 1.807) is 50.7 Å². The summed E-state index contributed by atoms with van der Waals surface area (Å²) in [6.45, 7) is 8.79. The van der Waals surface area contributed by atoms with Gasteiger partial charge >= 0.3 is 0 Å². The third-order valence-corrected chi connectivity index (χ3v) is 11.0. The molecular weight excluding hydrogens is 570 g/mol. The molecule has 0 aromatic heterocycles. The highest BCUT2D eigenvalue weighted by molar-refractivity contribution is 8.02. The fraction of sp³-hybridized carbons (Fsp3) is 0.424. The van der Waals surface area contributed by atoms with Gasteiger partial charge in [-0.2, -0.15) is 0 Å². The molecule has 222 valence electrons. The zero-order chi connectivity index (χ0) is 29.9. The quantitative estimate of drug-likeness (QED) is 0.246. The predicted molar refractivity (Wildman–Crippen MR) is 170 cm³/mol. The molecule has 2 unspecified atom stereocenters. The molecule has 0 radical (unpaired) electrons. The van der Waals surface area contributed by atoms with Crippen molar-refractivity contribution in [2.24, 2.45) is 11.8 Å². The Morgan fingerprint density at radius 2 is 1.69 bits per heavy atom. The Balaban J connectivity index is 1.54. The molecule has 3 saturated heterocycles. The van der Waals surface area contributed by atoms with Crippen molar-refractivity contribution in [3.63, 3.8) is 0 Å². The van der Waals surface area contributed by atoms with Crippen molar-refractivity contribution in [2.75, 3.05) is 36.0 Å². The number of aliphatic hydroxyl groups is 1. The third-order valence-electron chi connectivity index (χ3n) is 8.74. The minimum atomic E-state index is -0.738. The van der Waals surface area contributed by atoms with Crippen molar-refractivity contribution < 1.29 is 19.5 Å².